The number of benzene rings is 1. The molecule has 0 radical (unpaired) electrons. The van der Waals surface area contributed by atoms with Crippen molar-refractivity contribution < 1.29 is 23.2 Å². The van der Waals surface area contributed by atoms with Gasteiger partial charge in [0.1, 0.15) is 12.2 Å². The van der Waals surface area contributed by atoms with Crippen molar-refractivity contribution in [1.29, 1.82) is 0 Å². The lowest BCUT2D eigenvalue weighted by molar-refractivity contribution is -0.163. The second-order valence-corrected chi connectivity index (χ2v) is 6.50. The third-order valence-corrected chi connectivity index (χ3v) is 3.16. The van der Waals surface area contributed by atoms with Crippen LogP contribution in [0.2, 0.25) is 0 Å². The van der Waals surface area contributed by atoms with E-state index in [0.717, 1.165) is 17.6 Å². The van der Waals surface area contributed by atoms with Crippen molar-refractivity contribution in [3.63, 3.8) is 0 Å². The molecular weight excluding hydrogens is 316 g/mol. The van der Waals surface area contributed by atoms with Crippen LogP contribution in [0, 0.1) is 0 Å². The minimum atomic E-state index is -0.784. The summed E-state index contributed by atoms with van der Waals surface area (Å²) in [6, 6.07) is 9.43. The number of hydrogen-bond donors (Lipinski definition) is 0. The van der Waals surface area contributed by atoms with Crippen molar-refractivity contribution in [2.75, 3.05) is 6.26 Å². The van der Waals surface area contributed by atoms with Gasteiger partial charge in [-0.3, -0.25) is 4.79 Å². The lowest BCUT2D eigenvalue weighted by atomic mass is 10.1. The highest BCUT2D eigenvalue weighted by Crippen LogP contribution is 2.16. The van der Waals surface area contributed by atoms with Gasteiger partial charge in [0.15, 0.2) is 6.10 Å². The molecule has 0 bridgehead atoms. The Balaban J connectivity index is 2.41. The molecule has 0 aliphatic heterocycles. The van der Waals surface area contributed by atoms with Crippen molar-refractivity contribution >= 4 is 24.0 Å². The number of esters is 2. The first-order valence-electron chi connectivity index (χ1n) is 7.43. The Morgan fingerprint density at radius 1 is 1.17 bits per heavy atom. The molecule has 0 aliphatic carbocycles. The maximum atomic E-state index is 12.0. The number of hydrogen-bond acceptors (Lipinski definition) is 6. The number of carbonyl (C=O) groups excluding carboxylic acids is 2. The fourth-order valence-electron chi connectivity index (χ4n) is 1.75. The lowest BCUT2D eigenvalue weighted by Crippen LogP contribution is -2.33. The summed E-state index contributed by atoms with van der Waals surface area (Å²) < 4.78 is 15.8. The molecule has 0 amide bonds. The number of rotatable bonds is 8. The first-order chi connectivity index (χ1) is 10.8. The first-order valence-corrected chi connectivity index (χ1v) is 8.58. The Hall–Kier alpha value is -1.53. The van der Waals surface area contributed by atoms with Crippen LogP contribution in [-0.2, 0) is 29.9 Å². The average molecular weight is 340 g/mol. The zero-order valence-corrected chi connectivity index (χ0v) is 14.9. The van der Waals surface area contributed by atoms with Crippen LogP contribution in [0.25, 0.3) is 0 Å². The third kappa shape index (κ3) is 8.62. The zero-order chi connectivity index (χ0) is 17.3. The normalized spacial score (nSPS) is 12.5. The maximum absolute atomic E-state index is 12.0. The molecule has 1 aromatic carbocycles. The van der Waals surface area contributed by atoms with E-state index >= 15 is 0 Å². The summed E-state index contributed by atoms with van der Waals surface area (Å²) in [5, 5.41) is 0. The van der Waals surface area contributed by atoms with Gasteiger partial charge in [-0.25, -0.2) is 4.79 Å². The van der Waals surface area contributed by atoms with E-state index in [1.807, 2.05) is 30.3 Å². The standard InChI is InChI=1S/C17H24O5S/c1-17(2,3)21-16(19)14(22-23-4)10-11-15(18)20-12-13-8-6-5-7-9-13/h5-9,14H,10-12H2,1-4H3. The number of ether oxygens (including phenoxy) is 2. The van der Waals surface area contributed by atoms with E-state index in [9.17, 15) is 9.59 Å². The van der Waals surface area contributed by atoms with Gasteiger partial charge in [-0.1, -0.05) is 30.3 Å². The van der Waals surface area contributed by atoms with E-state index in [1.54, 1.807) is 27.0 Å². The van der Waals surface area contributed by atoms with Crippen LogP contribution in [0.3, 0.4) is 0 Å². The third-order valence-electron chi connectivity index (χ3n) is 2.74. The summed E-state index contributed by atoms with van der Waals surface area (Å²) in [5.74, 6) is -0.838. The fourth-order valence-corrected chi connectivity index (χ4v) is 2.16. The average Bonchev–Trinajstić information content (AvgIpc) is 2.48. The molecule has 0 spiro atoms. The van der Waals surface area contributed by atoms with Crippen LogP contribution in [0.15, 0.2) is 30.3 Å². The van der Waals surface area contributed by atoms with Gasteiger partial charge >= 0.3 is 11.9 Å². The van der Waals surface area contributed by atoms with Gasteiger partial charge in [-0.2, -0.15) is 0 Å². The molecule has 0 aromatic heterocycles. The monoisotopic (exact) mass is 340 g/mol. The van der Waals surface area contributed by atoms with Gasteiger partial charge < -0.3 is 13.7 Å². The summed E-state index contributed by atoms with van der Waals surface area (Å²) in [6.45, 7) is 5.58. The van der Waals surface area contributed by atoms with E-state index in [0.29, 0.717) is 0 Å². The molecule has 0 saturated heterocycles. The molecule has 0 aliphatic rings. The van der Waals surface area contributed by atoms with Gasteiger partial charge in [0.05, 0.1) is 0 Å². The molecule has 0 heterocycles. The van der Waals surface area contributed by atoms with Crippen molar-refractivity contribution in [2.45, 2.75) is 51.9 Å². The predicted octanol–water partition coefficient (Wildman–Crippen LogP) is 3.51. The van der Waals surface area contributed by atoms with Gasteiger partial charge in [0, 0.05) is 12.7 Å². The van der Waals surface area contributed by atoms with Crippen LogP contribution in [0.4, 0.5) is 0 Å². The molecule has 23 heavy (non-hydrogen) atoms. The van der Waals surface area contributed by atoms with Crippen LogP contribution in [-0.4, -0.2) is 29.9 Å². The molecule has 1 rings (SSSR count). The smallest absolute Gasteiger partial charge is 0.337 e. The first kappa shape index (κ1) is 19.5. The minimum absolute atomic E-state index is 0.0945. The molecule has 0 fully saturated rings. The Labute approximate surface area is 141 Å². The highest BCUT2D eigenvalue weighted by molar-refractivity contribution is 7.93. The Kier molecular flexibility index (Phi) is 8.12. The molecule has 0 N–H and O–H groups in total. The second kappa shape index (κ2) is 9.57. The fraction of sp³-hybridized carbons (Fsp3) is 0.529. The van der Waals surface area contributed by atoms with E-state index in [4.69, 9.17) is 13.7 Å². The van der Waals surface area contributed by atoms with Gasteiger partial charge in [-0.15, -0.1) is 0 Å². The van der Waals surface area contributed by atoms with Crippen molar-refractivity contribution in [3.05, 3.63) is 35.9 Å². The summed E-state index contributed by atoms with van der Waals surface area (Å²) >= 11 is 1.07. The van der Waals surface area contributed by atoms with Crippen molar-refractivity contribution in [2.24, 2.45) is 0 Å². The molecular formula is C17H24O5S. The van der Waals surface area contributed by atoms with Crippen LogP contribution in [0.1, 0.15) is 39.2 Å². The molecule has 5 nitrogen and oxygen atoms in total. The van der Waals surface area contributed by atoms with Crippen molar-refractivity contribution in [1.82, 2.24) is 0 Å². The quantitative estimate of drug-likeness (QED) is 0.533. The summed E-state index contributed by atoms with van der Waals surface area (Å²) in [5.41, 5.74) is 0.329. The van der Waals surface area contributed by atoms with E-state index in [1.165, 1.54) is 0 Å². The molecule has 1 atom stereocenters. The van der Waals surface area contributed by atoms with E-state index < -0.39 is 17.7 Å². The molecule has 1 aromatic rings. The Bertz CT molecular complexity index is 495. The molecule has 128 valence electrons. The highest BCUT2D eigenvalue weighted by atomic mass is 32.2. The largest absolute Gasteiger partial charge is 0.461 e. The number of carbonyl (C=O) groups is 2. The van der Waals surface area contributed by atoms with Gasteiger partial charge in [0.25, 0.3) is 0 Å². The van der Waals surface area contributed by atoms with E-state index in [-0.39, 0.29) is 25.4 Å². The predicted molar refractivity (Wildman–Crippen MR) is 89.7 cm³/mol. The minimum Gasteiger partial charge on any atom is -0.461 e. The molecule has 1 unspecified atom stereocenters. The van der Waals surface area contributed by atoms with E-state index in [2.05, 4.69) is 0 Å². The summed E-state index contributed by atoms with van der Waals surface area (Å²) in [7, 11) is 0. The van der Waals surface area contributed by atoms with Gasteiger partial charge in [-0.05, 0) is 44.8 Å². The zero-order valence-electron chi connectivity index (χ0n) is 14.0. The lowest BCUT2D eigenvalue weighted by Gasteiger charge is -2.23. The molecule has 0 saturated carbocycles. The second-order valence-electron chi connectivity index (χ2n) is 5.97. The van der Waals surface area contributed by atoms with Crippen molar-refractivity contribution in [3.8, 4) is 0 Å². The van der Waals surface area contributed by atoms with Crippen LogP contribution in [0.5, 0.6) is 0 Å². The summed E-state index contributed by atoms with van der Waals surface area (Å²) in [4.78, 5) is 23.8. The Morgan fingerprint density at radius 3 is 2.39 bits per heavy atom. The highest BCUT2D eigenvalue weighted by Gasteiger charge is 2.27. The van der Waals surface area contributed by atoms with Gasteiger partial charge in [0.2, 0.25) is 0 Å². The SMILES string of the molecule is CSOC(CCC(=O)OCc1ccccc1)C(=O)OC(C)(C)C. The Morgan fingerprint density at radius 2 is 1.83 bits per heavy atom. The van der Waals surface area contributed by atoms with Crippen LogP contribution >= 0.6 is 12.0 Å². The van der Waals surface area contributed by atoms with Crippen LogP contribution < -0.4 is 0 Å². The topological polar surface area (TPSA) is 61.8 Å². The summed E-state index contributed by atoms with van der Waals surface area (Å²) in [6.07, 6.45) is 1.25. The maximum Gasteiger partial charge on any atom is 0.337 e. The molecule has 6 heteroatoms.